The number of rotatable bonds is 4. The highest BCUT2D eigenvalue weighted by Gasteiger charge is 2.10. The molecule has 0 unspecified atom stereocenters. The molecule has 0 bridgehead atoms. The van der Waals surface area contributed by atoms with E-state index in [1.807, 2.05) is 18.2 Å². The fourth-order valence-corrected chi connectivity index (χ4v) is 2.21. The van der Waals surface area contributed by atoms with E-state index in [1.165, 1.54) is 6.92 Å². The van der Waals surface area contributed by atoms with E-state index in [2.05, 4.69) is 24.8 Å². The number of pyridine rings is 1. The Balaban J connectivity index is 2.00. The van der Waals surface area contributed by atoms with E-state index in [-0.39, 0.29) is 11.5 Å². The van der Waals surface area contributed by atoms with Crippen molar-refractivity contribution in [1.82, 2.24) is 19.9 Å². The predicted octanol–water partition coefficient (Wildman–Crippen LogP) is 2.95. The van der Waals surface area contributed by atoms with Crippen LogP contribution in [0.4, 0.5) is 0 Å². The summed E-state index contributed by atoms with van der Waals surface area (Å²) in [6.07, 6.45) is 7.23. The van der Waals surface area contributed by atoms with Gasteiger partial charge in [-0.15, -0.1) is 0 Å². The van der Waals surface area contributed by atoms with Gasteiger partial charge in [-0.3, -0.25) is 4.98 Å². The van der Waals surface area contributed by atoms with Crippen molar-refractivity contribution < 1.29 is 4.79 Å². The van der Waals surface area contributed by atoms with Gasteiger partial charge in [0.25, 0.3) is 0 Å². The van der Waals surface area contributed by atoms with Gasteiger partial charge in [0.1, 0.15) is 11.2 Å². The molecule has 3 heterocycles. The molecule has 3 rings (SSSR count). The molecule has 3 aromatic heterocycles. The summed E-state index contributed by atoms with van der Waals surface area (Å²) in [5.74, 6) is -0.236. The molecular formula is C17H13N5O. The Bertz CT molecular complexity index is 935. The number of carbonyl (C=O) groups is 1. The second-order valence-electron chi connectivity index (χ2n) is 4.94. The fourth-order valence-electron chi connectivity index (χ4n) is 2.21. The van der Waals surface area contributed by atoms with Crippen molar-refractivity contribution in [3.05, 3.63) is 65.5 Å². The number of nitrogens with zero attached hydrogens (tertiary/aromatic N) is 4. The zero-order valence-corrected chi connectivity index (χ0v) is 12.4. The standard InChI is InChI=1S/C17H13N5O/c1-11(23)13(18-2)7-6-12-9-20-17-16(12)22-15(10-21-17)14-5-3-4-8-19-14/h3-5,7-10H,6H2,1H3,(H,20,21)/b13-7-. The number of hydrogen-bond donors (Lipinski definition) is 1. The third-order valence-electron chi connectivity index (χ3n) is 3.38. The van der Waals surface area contributed by atoms with Gasteiger partial charge in [0.05, 0.1) is 18.5 Å². The summed E-state index contributed by atoms with van der Waals surface area (Å²) in [6.45, 7) is 8.41. The third-order valence-corrected chi connectivity index (χ3v) is 3.38. The molecule has 0 atom stereocenters. The second-order valence-corrected chi connectivity index (χ2v) is 4.94. The number of carbonyl (C=O) groups excluding carboxylic acids is 1. The van der Waals surface area contributed by atoms with Gasteiger partial charge in [-0.05, 0) is 25.5 Å². The molecule has 0 saturated carbocycles. The maximum atomic E-state index is 11.3. The fraction of sp³-hybridized carbons (Fsp3) is 0.118. The molecule has 0 amide bonds. The van der Waals surface area contributed by atoms with Crippen LogP contribution >= 0.6 is 0 Å². The van der Waals surface area contributed by atoms with Gasteiger partial charge in [-0.2, -0.15) is 0 Å². The highest BCUT2D eigenvalue weighted by Crippen LogP contribution is 2.20. The highest BCUT2D eigenvalue weighted by atomic mass is 16.1. The van der Waals surface area contributed by atoms with Crippen molar-refractivity contribution in [3.8, 4) is 11.4 Å². The maximum Gasteiger partial charge on any atom is 0.225 e. The molecule has 0 aliphatic rings. The van der Waals surface area contributed by atoms with Crippen LogP contribution in [0.1, 0.15) is 12.5 Å². The van der Waals surface area contributed by atoms with Crippen molar-refractivity contribution in [3.63, 3.8) is 0 Å². The lowest BCUT2D eigenvalue weighted by Gasteiger charge is -2.00. The van der Waals surface area contributed by atoms with Crippen LogP contribution in [0.3, 0.4) is 0 Å². The summed E-state index contributed by atoms with van der Waals surface area (Å²) in [4.78, 5) is 30.8. The molecule has 3 aromatic rings. The first-order valence-corrected chi connectivity index (χ1v) is 7.02. The number of Topliss-reactive ketones (excluding diaryl/α,β-unsaturated/α-hetero) is 1. The van der Waals surface area contributed by atoms with Crippen LogP contribution in [0.15, 0.2) is 48.6 Å². The van der Waals surface area contributed by atoms with Crippen LogP contribution in [-0.4, -0.2) is 25.7 Å². The van der Waals surface area contributed by atoms with E-state index in [1.54, 1.807) is 24.7 Å². The number of nitrogens with one attached hydrogen (secondary N) is 1. The van der Waals surface area contributed by atoms with Crippen LogP contribution in [0.2, 0.25) is 0 Å². The van der Waals surface area contributed by atoms with Crippen LogP contribution in [0.25, 0.3) is 27.4 Å². The maximum absolute atomic E-state index is 11.3. The van der Waals surface area contributed by atoms with Crippen molar-refractivity contribution >= 4 is 16.9 Å². The number of fused-ring (bicyclic) bond motifs is 1. The minimum Gasteiger partial charge on any atom is -0.345 e. The first-order valence-electron chi connectivity index (χ1n) is 7.02. The lowest BCUT2D eigenvalue weighted by molar-refractivity contribution is -0.113. The van der Waals surface area contributed by atoms with Gasteiger partial charge in [-0.25, -0.2) is 14.8 Å². The first kappa shape index (κ1) is 14.6. The molecule has 0 aromatic carbocycles. The zero-order chi connectivity index (χ0) is 16.2. The number of hydrogen-bond acceptors (Lipinski definition) is 4. The summed E-state index contributed by atoms with van der Waals surface area (Å²) in [7, 11) is 0. The Labute approximate surface area is 132 Å². The summed E-state index contributed by atoms with van der Waals surface area (Å²) in [5, 5.41) is 0. The van der Waals surface area contributed by atoms with Crippen molar-refractivity contribution in [2.75, 3.05) is 0 Å². The Morgan fingerprint density at radius 3 is 2.91 bits per heavy atom. The summed E-state index contributed by atoms with van der Waals surface area (Å²) in [5.41, 5.74) is 3.83. The van der Waals surface area contributed by atoms with E-state index >= 15 is 0 Å². The normalized spacial score (nSPS) is 11.4. The number of ketones is 1. The Morgan fingerprint density at radius 1 is 1.35 bits per heavy atom. The lowest BCUT2D eigenvalue weighted by atomic mass is 10.1. The van der Waals surface area contributed by atoms with Gasteiger partial charge >= 0.3 is 0 Å². The van der Waals surface area contributed by atoms with E-state index in [9.17, 15) is 4.79 Å². The number of aromatic nitrogens is 4. The number of H-pyrrole nitrogens is 1. The van der Waals surface area contributed by atoms with Crippen LogP contribution < -0.4 is 0 Å². The molecule has 23 heavy (non-hydrogen) atoms. The van der Waals surface area contributed by atoms with Gasteiger partial charge in [0.15, 0.2) is 11.4 Å². The van der Waals surface area contributed by atoms with Crippen molar-refractivity contribution in [1.29, 1.82) is 0 Å². The molecular weight excluding hydrogens is 290 g/mol. The van der Waals surface area contributed by atoms with E-state index in [0.717, 1.165) is 16.8 Å². The van der Waals surface area contributed by atoms with E-state index in [0.29, 0.717) is 17.8 Å². The molecule has 0 aliphatic heterocycles. The molecule has 0 aliphatic carbocycles. The average molecular weight is 303 g/mol. The summed E-state index contributed by atoms with van der Waals surface area (Å²) in [6, 6.07) is 5.61. The van der Waals surface area contributed by atoms with Crippen LogP contribution in [0, 0.1) is 6.57 Å². The second kappa shape index (κ2) is 6.20. The number of aromatic amines is 1. The molecule has 6 heteroatoms. The smallest absolute Gasteiger partial charge is 0.225 e. The van der Waals surface area contributed by atoms with Gasteiger partial charge in [-0.1, -0.05) is 12.1 Å². The number of allylic oxidation sites excluding steroid dienone is 2. The average Bonchev–Trinajstić information content (AvgIpc) is 2.98. The van der Waals surface area contributed by atoms with Gasteiger partial charge in [0.2, 0.25) is 5.70 Å². The van der Waals surface area contributed by atoms with Crippen LogP contribution in [0.5, 0.6) is 0 Å². The van der Waals surface area contributed by atoms with E-state index < -0.39 is 0 Å². The van der Waals surface area contributed by atoms with Crippen molar-refractivity contribution in [2.24, 2.45) is 0 Å². The first-order chi connectivity index (χ1) is 11.2. The topological polar surface area (TPSA) is 75.9 Å². The lowest BCUT2D eigenvalue weighted by Crippen LogP contribution is -1.93. The van der Waals surface area contributed by atoms with Gasteiger partial charge < -0.3 is 9.78 Å². The molecule has 112 valence electrons. The minimum atomic E-state index is -0.236. The molecule has 6 nitrogen and oxygen atoms in total. The highest BCUT2D eigenvalue weighted by molar-refractivity contribution is 5.95. The zero-order valence-electron chi connectivity index (χ0n) is 12.4. The summed E-state index contributed by atoms with van der Waals surface area (Å²) >= 11 is 0. The quantitative estimate of drug-likeness (QED) is 0.594. The largest absolute Gasteiger partial charge is 0.345 e. The predicted molar refractivity (Wildman–Crippen MR) is 86.2 cm³/mol. The monoisotopic (exact) mass is 303 g/mol. The Hall–Kier alpha value is -3.33. The molecule has 0 saturated heterocycles. The third kappa shape index (κ3) is 2.99. The Kier molecular flexibility index (Phi) is 3.93. The minimum absolute atomic E-state index is 0.133. The van der Waals surface area contributed by atoms with E-state index in [4.69, 9.17) is 6.57 Å². The SMILES string of the molecule is [C-]#[N+]/C(=C\Cc1c[nH]c2ncc(-c3ccccn3)nc12)C(C)=O. The molecule has 0 radical (unpaired) electrons. The molecule has 0 fully saturated rings. The summed E-state index contributed by atoms with van der Waals surface area (Å²) < 4.78 is 0. The van der Waals surface area contributed by atoms with Crippen molar-refractivity contribution in [2.45, 2.75) is 13.3 Å². The van der Waals surface area contributed by atoms with Crippen LogP contribution in [-0.2, 0) is 11.2 Å². The Morgan fingerprint density at radius 2 is 2.22 bits per heavy atom. The molecule has 1 N–H and O–H groups in total. The van der Waals surface area contributed by atoms with Gasteiger partial charge in [0, 0.05) is 18.0 Å². The molecule has 0 spiro atoms.